The molecule has 1 aliphatic rings. The van der Waals surface area contributed by atoms with Gasteiger partial charge in [-0.3, -0.25) is 4.79 Å². The van der Waals surface area contributed by atoms with Gasteiger partial charge in [-0.15, -0.1) is 0 Å². The molecule has 1 fully saturated rings. The molecule has 0 radical (unpaired) electrons. The van der Waals surface area contributed by atoms with Gasteiger partial charge in [0.1, 0.15) is 12.9 Å². The number of allylic oxidation sites excluding steroid dienone is 2. The maximum Gasteiger partial charge on any atom is 0.306 e. The fraction of sp³-hybridized carbons (Fsp3) is 0.864. The van der Waals surface area contributed by atoms with Crippen molar-refractivity contribution in [2.75, 3.05) is 20.0 Å². The lowest BCUT2D eigenvalue weighted by Crippen LogP contribution is -2.33. The average Bonchev–Trinajstić information content (AvgIpc) is 2.65. The third kappa shape index (κ3) is 14.3. The summed E-state index contributed by atoms with van der Waals surface area (Å²) in [5, 5.41) is 0. The number of hydrogen-bond donors (Lipinski definition) is 0. The first kappa shape index (κ1) is 23.2. The molecule has 1 rings (SSSR count). The molecule has 0 atom stereocenters. The molecule has 0 aromatic rings. The lowest BCUT2D eigenvalue weighted by molar-refractivity contribution is -0.183. The van der Waals surface area contributed by atoms with Crippen molar-refractivity contribution >= 4 is 5.97 Å². The highest BCUT2D eigenvalue weighted by molar-refractivity contribution is 5.69. The molecule has 0 amide bonds. The summed E-state index contributed by atoms with van der Waals surface area (Å²) in [6.07, 6.45) is 21.4. The Morgan fingerprint density at radius 1 is 0.846 bits per heavy atom. The second-order valence-corrected chi connectivity index (χ2v) is 7.31. The van der Waals surface area contributed by atoms with E-state index in [1.54, 1.807) is 0 Å². The molecule has 0 saturated carbocycles. The van der Waals surface area contributed by atoms with Gasteiger partial charge in [0.25, 0.3) is 0 Å². The van der Waals surface area contributed by atoms with Crippen LogP contribution in [0, 0.1) is 0 Å². The lowest BCUT2D eigenvalue weighted by Gasteiger charge is -2.22. The molecule has 0 aliphatic carbocycles. The van der Waals surface area contributed by atoms with E-state index in [9.17, 15) is 4.79 Å². The largest absolute Gasteiger partial charge is 0.457 e. The number of carbonyl (C=O) groups excluding carboxylic acids is 1. The first-order valence-corrected chi connectivity index (χ1v) is 10.8. The van der Waals surface area contributed by atoms with Gasteiger partial charge in [0.15, 0.2) is 0 Å². The molecule has 4 heteroatoms. The van der Waals surface area contributed by atoms with Crippen LogP contribution in [0.15, 0.2) is 12.2 Å². The quantitative estimate of drug-likeness (QED) is 0.192. The lowest BCUT2D eigenvalue weighted by atomic mass is 10.1. The van der Waals surface area contributed by atoms with Crippen LogP contribution in [0.2, 0.25) is 0 Å². The van der Waals surface area contributed by atoms with Gasteiger partial charge in [0, 0.05) is 6.42 Å². The summed E-state index contributed by atoms with van der Waals surface area (Å²) in [6, 6.07) is 0. The summed E-state index contributed by atoms with van der Waals surface area (Å²) >= 11 is 0. The minimum absolute atomic E-state index is 0.123. The third-order valence-electron chi connectivity index (χ3n) is 4.71. The Hall–Kier alpha value is -0.870. The summed E-state index contributed by atoms with van der Waals surface area (Å²) < 4.78 is 15.5. The molecule has 152 valence electrons. The van der Waals surface area contributed by atoms with E-state index in [0.29, 0.717) is 26.4 Å². The first-order chi connectivity index (χ1) is 12.8. The summed E-state index contributed by atoms with van der Waals surface area (Å²) in [5.74, 6) is -0.123. The number of ether oxygens (including phenoxy) is 3. The predicted molar refractivity (Wildman–Crippen MR) is 106 cm³/mol. The molecule has 0 aromatic carbocycles. The summed E-state index contributed by atoms with van der Waals surface area (Å²) in [5.41, 5.74) is 0. The number of esters is 1. The smallest absolute Gasteiger partial charge is 0.306 e. The SMILES string of the molecule is CCCCCCCC/C=C\CCCCCCCC(=O)OC1COCOC1. The molecule has 0 N–H and O–H groups in total. The Balaban J connectivity index is 1.78. The van der Waals surface area contributed by atoms with E-state index in [0.717, 1.165) is 12.8 Å². The molecule has 1 saturated heterocycles. The Morgan fingerprint density at radius 2 is 1.38 bits per heavy atom. The molecule has 0 spiro atoms. The Bertz CT molecular complexity index is 348. The zero-order chi connectivity index (χ0) is 18.7. The molecule has 1 aliphatic heterocycles. The molecule has 0 aromatic heterocycles. The highest BCUT2D eigenvalue weighted by Gasteiger charge is 2.18. The van der Waals surface area contributed by atoms with Crippen LogP contribution in [0.5, 0.6) is 0 Å². The topological polar surface area (TPSA) is 44.8 Å². The first-order valence-electron chi connectivity index (χ1n) is 10.8. The number of hydrogen-bond acceptors (Lipinski definition) is 4. The van der Waals surface area contributed by atoms with Crippen LogP contribution in [-0.2, 0) is 19.0 Å². The highest BCUT2D eigenvalue weighted by Crippen LogP contribution is 2.11. The van der Waals surface area contributed by atoms with Crippen LogP contribution in [0.1, 0.15) is 96.8 Å². The maximum absolute atomic E-state index is 11.7. The number of rotatable bonds is 16. The van der Waals surface area contributed by atoms with Crippen molar-refractivity contribution < 1.29 is 19.0 Å². The van der Waals surface area contributed by atoms with Gasteiger partial charge in [-0.05, 0) is 32.1 Å². The Morgan fingerprint density at radius 3 is 2.00 bits per heavy atom. The van der Waals surface area contributed by atoms with E-state index in [2.05, 4.69) is 19.1 Å². The van der Waals surface area contributed by atoms with E-state index < -0.39 is 0 Å². The monoisotopic (exact) mass is 368 g/mol. The van der Waals surface area contributed by atoms with E-state index >= 15 is 0 Å². The molecule has 26 heavy (non-hydrogen) atoms. The van der Waals surface area contributed by atoms with Crippen LogP contribution in [-0.4, -0.2) is 32.1 Å². The summed E-state index contributed by atoms with van der Waals surface area (Å²) in [6.45, 7) is 3.49. The fourth-order valence-electron chi connectivity index (χ4n) is 3.12. The standard InChI is InChI=1S/C22H40O4/c1-2-3-4-5-6-7-8-9-10-11-12-13-14-15-16-17-22(23)26-21-18-24-20-25-19-21/h9-10,21H,2-8,11-20H2,1H3/b10-9-. The van der Waals surface area contributed by atoms with Gasteiger partial charge in [0.05, 0.1) is 13.2 Å². The molecular formula is C22H40O4. The van der Waals surface area contributed by atoms with Gasteiger partial charge in [0.2, 0.25) is 0 Å². The normalized spacial score (nSPS) is 15.6. The van der Waals surface area contributed by atoms with E-state index in [-0.39, 0.29) is 12.1 Å². The molecule has 1 heterocycles. The Kier molecular flexibility index (Phi) is 15.6. The van der Waals surface area contributed by atoms with Gasteiger partial charge in [-0.1, -0.05) is 70.4 Å². The maximum atomic E-state index is 11.7. The van der Waals surface area contributed by atoms with Crippen LogP contribution in [0.4, 0.5) is 0 Å². The van der Waals surface area contributed by atoms with Crippen molar-refractivity contribution in [1.82, 2.24) is 0 Å². The summed E-state index contributed by atoms with van der Waals surface area (Å²) in [4.78, 5) is 11.7. The predicted octanol–water partition coefficient (Wildman–Crippen LogP) is 5.94. The molecule has 0 bridgehead atoms. The minimum atomic E-state index is -0.223. The minimum Gasteiger partial charge on any atom is -0.457 e. The van der Waals surface area contributed by atoms with Crippen molar-refractivity contribution in [2.45, 2.75) is 103 Å². The number of carbonyl (C=O) groups is 1. The molecular weight excluding hydrogens is 328 g/mol. The second kappa shape index (κ2) is 17.5. The summed E-state index contributed by atoms with van der Waals surface area (Å²) in [7, 11) is 0. The van der Waals surface area contributed by atoms with Crippen LogP contribution in [0.3, 0.4) is 0 Å². The van der Waals surface area contributed by atoms with Crippen molar-refractivity contribution in [3.63, 3.8) is 0 Å². The van der Waals surface area contributed by atoms with Crippen molar-refractivity contribution in [2.24, 2.45) is 0 Å². The van der Waals surface area contributed by atoms with E-state index in [4.69, 9.17) is 14.2 Å². The average molecular weight is 369 g/mol. The molecule has 4 nitrogen and oxygen atoms in total. The van der Waals surface area contributed by atoms with E-state index in [1.807, 2.05) is 0 Å². The fourth-order valence-corrected chi connectivity index (χ4v) is 3.12. The van der Waals surface area contributed by atoms with Crippen molar-refractivity contribution in [3.8, 4) is 0 Å². The second-order valence-electron chi connectivity index (χ2n) is 7.31. The zero-order valence-corrected chi connectivity index (χ0v) is 16.9. The van der Waals surface area contributed by atoms with Crippen molar-refractivity contribution in [1.29, 1.82) is 0 Å². The van der Waals surface area contributed by atoms with E-state index in [1.165, 1.54) is 70.6 Å². The number of unbranched alkanes of at least 4 members (excludes halogenated alkanes) is 11. The van der Waals surface area contributed by atoms with Crippen LogP contribution < -0.4 is 0 Å². The third-order valence-corrected chi connectivity index (χ3v) is 4.71. The van der Waals surface area contributed by atoms with Gasteiger partial charge < -0.3 is 14.2 Å². The van der Waals surface area contributed by atoms with Crippen LogP contribution >= 0.6 is 0 Å². The highest BCUT2D eigenvalue weighted by atomic mass is 16.7. The van der Waals surface area contributed by atoms with Gasteiger partial charge >= 0.3 is 5.97 Å². The Labute approximate surface area is 160 Å². The molecule has 0 unspecified atom stereocenters. The van der Waals surface area contributed by atoms with Crippen molar-refractivity contribution in [3.05, 3.63) is 12.2 Å². The van der Waals surface area contributed by atoms with Crippen LogP contribution in [0.25, 0.3) is 0 Å². The van der Waals surface area contributed by atoms with Gasteiger partial charge in [-0.2, -0.15) is 0 Å². The zero-order valence-electron chi connectivity index (χ0n) is 16.9. The van der Waals surface area contributed by atoms with Gasteiger partial charge in [-0.25, -0.2) is 0 Å².